The minimum absolute atomic E-state index is 0.659. The van der Waals surface area contributed by atoms with Gasteiger partial charge in [-0.1, -0.05) is 0 Å². The summed E-state index contributed by atoms with van der Waals surface area (Å²) in [6, 6.07) is 4.09. The van der Waals surface area contributed by atoms with Crippen molar-refractivity contribution in [1.29, 1.82) is 0 Å². The summed E-state index contributed by atoms with van der Waals surface area (Å²) < 4.78 is 12.1. The number of hydrogen-bond acceptors (Lipinski definition) is 2. The molecule has 0 aromatic heterocycles. The van der Waals surface area contributed by atoms with Crippen molar-refractivity contribution < 1.29 is 9.47 Å². The molecule has 0 saturated carbocycles. The van der Waals surface area contributed by atoms with Crippen molar-refractivity contribution in [1.82, 2.24) is 0 Å². The predicted octanol–water partition coefficient (Wildman–Crippen LogP) is 2.37. The predicted molar refractivity (Wildman–Crippen MR) is 54.9 cm³/mol. The van der Waals surface area contributed by atoms with Gasteiger partial charge in [-0.05, 0) is 47.2 Å². The second-order valence-corrected chi connectivity index (χ2v) is 3.99. The Morgan fingerprint density at radius 3 is 2.83 bits per heavy atom. The Hall–Kier alpha value is -0.450. The molecule has 0 saturated heterocycles. The van der Waals surface area contributed by atoms with E-state index in [4.69, 9.17) is 9.47 Å². The van der Waals surface area contributed by atoms with E-state index in [1.807, 2.05) is 13.0 Å². The smallest absolute Gasteiger partial charge is 0.164 e. The molecule has 0 aliphatic carbocycles. The average Bonchev–Trinajstić information content (AvgIpc) is 2.04. The van der Waals surface area contributed by atoms with Gasteiger partial charge in [0.25, 0.3) is 0 Å². The van der Waals surface area contributed by atoms with Gasteiger partial charge in [0.2, 0.25) is 0 Å². The Morgan fingerprint density at radius 1 is 1.25 bits per heavy atom. The zero-order chi connectivity index (χ0) is 8.55. The van der Waals surface area contributed by atoms with Gasteiger partial charge >= 0.3 is 0 Å². The highest BCUT2D eigenvalue weighted by Crippen LogP contribution is 2.34. The molecule has 0 unspecified atom stereocenters. The first-order chi connectivity index (χ1) is 5.77. The lowest BCUT2D eigenvalue weighted by molar-refractivity contribution is 0.170. The van der Waals surface area contributed by atoms with E-state index in [1.165, 1.54) is 3.57 Å². The monoisotopic (exact) mass is 276 g/mol. The number of aryl methyl sites for hydroxylation is 1. The molecule has 0 spiro atoms. The Labute approximate surface area is 85.0 Å². The zero-order valence-corrected chi connectivity index (χ0v) is 8.92. The largest absolute Gasteiger partial charge is 0.486 e. The molecule has 12 heavy (non-hydrogen) atoms. The third kappa shape index (κ3) is 1.37. The van der Waals surface area contributed by atoms with Crippen molar-refractivity contribution in [3.05, 3.63) is 21.3 Å². The van der Waals surface area contributed by atoms with Gasteiger partial charge in [-0.3, -0.25) is 0 Å². The van der Waals surface area contributed by atoms with Gasteiger partial charge in [-0.25, -0.2) is 0 Å². The summed E-state index contributed by atoms with van der Waals surface area (Å²) >= 11 is 2.28. The highest BCUT2D eigenvalue weighted by Gasteiger charge is 2.14. The summed E-state index contributed by atoms with van der Waals surface area (Å²) in [5, 5.41) is 0. The van der Waals surface area contributed by atoms with E-state index in [0.717, 1.165) is 17.1 Å². The van der Waals surface area contributed by atoms with Crippen molar-refractivity contribution in [3.8, 4) is 11.5 Å². The Morgan fingerprint density at radius 2 is 2.00 bits per heavy atom. The third-order valence-electron chi connectivity index (χ3n) is 1.79. The van der Waals surface area contributed by atoms with Crippen molar-refractivity contribution in [2.24, 2.45) is 0 Å². The van der Waals surface area contributed by atoms with E-state index >= 15 is 0 Å². The minimum Gasteiger partial charge on any atom is -0.486 e. The second kappa shape index (κ2) is 3.12. The van der Waals surface area contributed by atoms with Gasteiger partial charge in [0.15, 0.2) is 11.5 Å². The first kappa shape index (κ1) is 8.16. The van der Waals surface area contributed by atoms with Crippen LogP contribution >= 0.6 is 22.6 Å². The first-order valence-corrected chi connectivity index (χ1v) is 4.91. The maximum atomic E-state index is 5.48. The maximum Gasteiger partial charge on any atom is 0.164 e. The van der Waals surface area contributed by atoms with E-state index in [1.54, 1.807) is 0 Å². The summed E-state index contributed by atoms with van der Waals surface area (Å²) in [6.45, 7) is 3.36. The molecule has 0 amide bonds. The van der Waals surface area contributed by atoms with E-state index < -0.39 is 0 Å². The number of benzene rings is 1. The number of ether oxygens (including phenoxy) is 2. The van der Waals surface area contributed by atoms with Crippen molar-refractivity contribution in [3.63, 3.8) is 0 Å². The Kier molecular flexibility index (Phi) is 2.12. The Bertz CT molecular complexity index is 310. The average molecular weight is 276 g/mol. The fourth-order valence-electron chi connectivity index (χ4n) is 1.29. The molecular formula is C9H9IO2. The fourth-order valence-corrected chi connectivity index (χ4v) is 2.04. The zero-order valence-electron chi connectivity index (χ0n) is 6.76. The topological polar surface area (TPSA) is 18.5 Å². The molecular weight excluding hydrogens is 267 g/mol. The Balaban J connectivity index is 2.53. The van der Waals surface area contributed by atoms with Gasteiger partial charge < -0.3 is 9.47 Å². The van der Waals surface area contributed by atoms with Crippen LogP contribution in [-0.2, 0) is 0 Å². The highest BCUT2D eigenvalue weighted by molar-refractivity contribution is 14.1. The van der Waals surface area contributed by atoms with Gasteiger partial charge in [0, 0.05) is 3.57 Å². The third-order valence-corrected chi connectivity index (χ3v) is 2.42. The van der Waals surface area contributed by atoms with Crippen molar-refractivity contribution in [2.75, 3.05) is 13.2 Å². The van der Waals surface area contributed by atoms with Crippen LogP contribution < -0.4 is 9.47 Å². The summed E-state index contributed by atoms with van der Waals surface area (Å²) in [7, 11) is 0. The summed E-state index contributed by atoms with van der Waals surface area (Å²) in [4.78, 5) is 0. The molecule has 3 heteroatoms. The molecule has 0 atom stereocenters. The lowest BCUT2D eigenvalue weighted by Gasteiger charge is -2.20. The van der Waals surface area contributed by atoms with Crippen LogP contribution in [0.5, 0.6) is 11.5 Å². The van der Waals surface area contributed by atoms with Gasteiger partial charge in [0.1, 0.15) is 13.2 Å². The molecule has 1 aliphatic heterocycles. The lowest BCUT2D eigenvalue weighted by Crippen LogP contribution is -2.16. The molecule has 0 radical (unpaired) electrons. The van der Waals surface area contributed by atoms with Crippen LogP contribution in [0.15, 0.2) is 12.1 Å². The van der Waals surface area contributed by atoms with Crippen LogP contribution in [0.4, 0.5) is 0 Å². The molecule has 0 bridgehead atoms. The molecule has 1 aromatic carbocycles. The molecule has 0 fully saturated rings. The normalized spacial score (nSPS) is 14.5. The maximum absolute atomic E-state index is 5.48. The van der Waals surface area contributed by atoms with Crippen LogP contribution in [0.25, 0.3) is 0 Å². The standard InChI is InChI=1S/C9H9IO2/c1-6-4-7(10)5-8-9(6)12-3-2-11-8/h4-5H,2-3H2,1H3. The van der Waals surface area contributed by atoms with Gasteiger partial charge in [-0.15, -0.1) is 0 Å². The first-order valence-electron chi connectivity index (χ1n) is 3.83. The molecule has 1 heterocycles. The lowest BCUT2D eigenvalue weighted by atomic mass is 10.2. The number of rotatable bonds is 0. The van der Waals surface area contributed by atoms with E-state index in [-0.39, 0.29) is 0 Å². The van der Waals surface area contributed by atoms with Gasteiger partial charge in [-0.2, -0.15) is 0 Å². The van der Waals surface area contributed by atoms with Crippen LogP contribution in [-0.4, -0.2) is 13.2 Å². The van der Waals surface area contributed by atoms with E-state index in [9.17, 15) is 0 Å². The molecule has 1 aliphatic rings. The SMILES string of the molecule is Cc1cc(I)cc2c1OCCO2. The summed E-state index contributed by atoms with van der Waals surface area (Å²) in [6.07, 6.45) is 0. The molecule has 0 N–H and O–H groups in total. The number of halogens is 1. The quantitative estimate of drug-likeness (QED) is 0.677. The molecule has 64 valence electrons. The van der Waals surface area contributed by atoms with Crippen LogP contribution in [0, 0.1) is 10.5 Å². The van der Waals surface area contributed by atoms with Crippen LogP contribution in [0.3, 0.4) is 0 Å². The van der Waals surface area contributed by atoms with E-state index in [2.05, 4.69) is 28.7 Å². The number of hydrogen-bond donors (Lipinski definition) is 0. The fraction of sp³-hybridized carbons (Fsp3) is 0.333. The van der Waals surface area contributed by atoms with Crippen molar-refractivity contribution >= 4 is 22.6 Å². The van der Waals surface area contributed by atoms with Crippen molar-refractivity contribution in [2.45, 2.75) is 6.92 Å². The highest BCUT2D eigenvalue weighted by atomic mass is 127. The molecule has 1 aromatic rings. The van der Waals surface area contributed by atoms with Gasteiger partial charge in [0.05, 0.1) is 0 Å². The molecule has 2 nitrogen and oxygen atoms in total. The summed E-state index contributed by atoms with van der Waals surface area (Å²) in [5.74, 6) is 1.78. The minimum atomic E-state index is 0.659. The molecule has 2 rings (SSSR count). The second-order valence-electron chi connectivity index (χ2n) is 2.75. The summed E-state index contributed by atoms with van der Waals surface area (Å²) in [5.41, 5.74) is 1.15. The van der Waals surface area contributed by atoms with E-state index in [0.29, 0.717) is 13.2 Å². The van der Waals surface area contributed by atoms with Crippen LogP contribution in [0.1, 0.15) is 5.56 Å². The van der Waals surface area contributed by atoms with Crippen LogP contribution in [0.2, 0.25) is 0 Å². The number of fused-ring (bicyclic) bond motifs is 1.